The Morgan fingerprint density at radius 3 is 1.97 bits per heavy atom. The molecule has 0 atom stereocenters. The minimum atomic E-state index is 0.106. The summed E-state index contributed by atoms with van der Waals surface area (Å²) in [6.07, 6.45) is 0. The summed E-state index contributed by atoms with van der Waals surface area (Å²) >= 11 is 0. The zero-order chi connectivity index (χ0) is 22.6. The minimum absolute atomic E-state index is 0.106. The van der Waals surface area contributed by atoms with E-state index in [9.17, 15) is 5.11 Å². The van der Waals surface area contributed by atoms with Crippen LogP contribution in [0.3, 0.4) is 0 Å². The smallest absolute Gasteiger partial charge is 0.161 e. The van der Waals surface area contributed by atoms with Gasteiger partial charge in [-0.05, 0) is 23.8 Å². The summed E-state index contributed by atoms with van der Waals surface area (Å²) in [5.74, 6) is 1.34. The molecule has 5 rings (SSSR count). The van der Waals surface area contributed by atoms with Crippen molar-refractivity contribution in [1.29, 1.82) is 0 Å². The SMILES string of the molecule is COc1cc(-c2nc(-c3ccccc3)c(-c3ccccc3)n2Cc2ccccc2)ccc1O. The molecule has 0 saturated heterocycles. The molecule has 0 unspecified atom stereocenters. The van der Waals surface area contributed by atoms with Gasteiger partial charge in [0, 0.05) is 23.2 Å². The molecule has 33 heavy (non-hydrogen) atoms. The number of benzene rings is 4. The van der Waals surface area contributed by atoms with E-state index in [1.54, 1.807) is 13.2 Å². The molecule has 0 spiro atoms. The van der Waals surface area contributed by atoms with Crippen LogP contribution in [-0.4, -0.2) is 21.8 Å². The molecule has 0 saturated carbocycles. The Hall–Kier alpha value is -4.31. The average Bonchev–Trinajstić information content (AvgIpc) is 3.25. The van der Waals surface area contributed by atoms with Gasteiger partial charge in [0.15, 0.2) is 11.5 Å². The van der Waals surface area contributed by atoms with Crippen LogP contribution in [0.4, 0.5) is 0 Å². The third kappa shape index (κ3) is 4.11. The lowest BCUT2D eigenvalue weighted by Crippen LogP contribution is -2.04. The van der Waals surface area contributed by atoms with Crippen LogP contribution < -0.4 is 4.74 Å². The molecule has 162 valence electrons. The van der Waals surface area contributed by atoms with Crippen LogP contribution in [0.25, 0.3) is 33.9 Å². The maximum atomic E-state index is 10.1. The monoisotopic (exact) mass is 432 g/mol. The fourth-order valence-corrected chi connectivity index (χ4v) is 4.10. The second-order valence-corrected chi connectivity index (χ2v) is 7.82. The van der Waals surface area contributed by atoms with Gasteiger partial charge in [-0.15, -0.1) is 0 Å². The number of nitrogens with zero attached hydrogens (tertiary/aromatic N) is 2. The highest BCUT2D eigenvalue weighted by Gasteiger charge is 2.22. The molecule has 0 amide bonds. The van der Waals surface area contributed by atoms with E-state index in [1.165, 1.54) is 5.56 Å². The largest absolute Gasteiger partial charge is 0.504 e. The summed E-state index contributed by atoms with van der Waals surface area (Å²) in [7, 11) is 1.56. The number of ether oxygens (including phenoxy) is 1. The van der Waals surface area contributed by atoms with E-state index in [2.05, 4.69) is 53.1 Å². The molecule has 1 N–H and O–H groups in total. The van der Waals surface area contributed by atoms with Crippen molar-refractivity contribution in [2.24, 2.45) is 0 Å². The van der Waals surface area contributed by atoms with Crippen molar-refractivity contribution in [2.75, 3.05) is 7.11 Å². The first-order valence-corrected chi connectivity index (χ1v) is 10.9. The van der Waals surface area contributed by atoms with Gasteiger partial charge in [-0.1, -0.05) is 91.0 Å². The number of hydrogen-bond donors (Lipinski definition) is 1. The van der Waals surface area contributed by atoms with Gasteiger partial charge in [-0.25, -0.2) is 4.98 Å². The molecule has 0 aliphatic carbocycles. The topological polar surface area (TPSA) is 47.3 Å². The van der Waals surface area contributed by atoms with Crippen LogP contribution >= 0.6 is 0 Å². The number of rotatable bonds is 6. The van der Waals surface area contributed by atoms with Crippen molar-refractivity contribution in [3.63, 3.8) is 0 Å². The Bertz CT molecular complexity index is 1360. The van der Waals surface area contributed by atoms with Crippen LogP contribution in [0.15, 0.2) is 109 Å². The highest BCUT2D eigenvalue weighted by molar-refractivity contribution is 5.82. The molecule has 5 aromatic rings. The Kier molecular flexibility index (Phi) is 5.64. The quantitative estimate of drug-likeness (QED) is 0.327. The van der Waals surface area contributed by atoms with Crippen LogP contribution in [0, 0.1) is 0 Å². The number of aromatic nitrogens is 2. The van der Waals surface area contributed by atoms with Gasteiger partial charge < -0.3 is 14.4 Å². The summed E-state index contributed by atoms with van der Waals surface area (Å²) in [5.41, 5.74) is 6.16. The second kappa shape index (κ2) is 9.05. The van der Waals surface area contributed by atoms with Gasteiger partial charge in [0.25, 0.3) is 0 Å². The lowest BCUT2D eigenvalue weighted by molar-refractivity contribution is 0.373. The number of imidazole rings is 1. The van der Waals surface area contributed by atoms with Crippen LogP contribution in [0.2, 0.25) is 0 Å². The third-order valence-electron chi connectivity index (χ3n) is 5.68. The zero-order valence-corrected chi connectivity index (χ0v) is 18.3. The van der Waals surface area contributed by atoms with Gasteiger partial charge in [0.2, 0.25) is 0 Å². The summed E-state index contributed by atoms with van der Waals surface area (Å²) in [6, 6.07) is 36.3. The molecule has 4 heteroatoms. The average molecular weight is 433 g/mol. The molecule has 0 fully saturated rings. The molecule has 0 aliphatic rings. The molecule has 4 nitrogen and oxygen atoms in total. The predicted molar refractivity (Wildman–Crippen MR) is 132 cm³/mol. The normalized spacial score (nSPS) is 10.8. The van der Waals surface area contributed by atoms with Gasteiger partial charge >= 0.3 is 0 Å². The van der Waals surface area contributed by atoms with Crippen molar-refractivity contribution in [3.05, 3.63) is 115 Å². The van der Waals surface area contributed by atoms with E-state index in [4.69, 9.17) is 9.72 Å². The Labute approximate surface area is 193 Å². The molecule has 1 heterocycles. The van der Waals surface area contributed by atoms with Crippen molar-refractivity contribution < 1.29 is 9.84 Å². The van der Waals surface area contributed by atoms with E-state index >= 15 is 0 Å². The third-order valence-corrected chi connectivity index (χ3v) is 5.68. The molecule has 1 aromatic heterocycles. The highest BCUT2D eigenvalue weighted by atomic mass is 16.5. The summed E-state index contributed by atoms with van der Waals surface area (Å²) in [6.45, 7) is 0.656. The zero-order valence-electron chi connectivity index (χ0n) is 18.3. The lowest BCUT2D eigenvalue weighted by atomic mass is 10.0. The predicted octanol–water partition coefficient (Wildman–Crippen LogP) is 6.65. The van der Waals surface area contributed by atoms with Crippen LogP contribution in [-0.2, 0) is 6.54 Å². The summed E-state index contributed by atoms with van der Waals surface area (Å²) < 4.78 is 7.63. The van der Waals surface area contributed by atoms with Gasteiger partial charge in [0.1, 0.15) is 5.82 Å². The molecule has 0 radical (unpaired) electrons. The van der Waals surface area contributed by atoms with Crippen molar-refractivity contribution in [2.45, 2.75) is 6.54 Å². The van der Waals surface area contributed by atoms with Crippen molar-refractivity contribution in [1.82, 2.24) is 9.55 Å². The number of phenols is 1. The standard InChI is InChI=1S/C29H24N2O2/c1-33-26-19-24(17-18-25(26)32)29-30-27(22-13-7-3-8-14-22)28(23-15-9-4-10-16-23)31(29)20-21-11-5-2-6-12-21/h2-19,32H,20H2,1H3. The first-order valence-electron chi connectivity index (χ1n) is 10.9. The molecular weight excluding hydrogens is 408 g/mol. The van der Waals surface area contributed by atoms with Crippen LogP contribution in [0.5, 0.6) is 11.5 Å². The number of aromatic hydroxyl groups is 1. The van der Waals surface area contributed by atoms with Crippen molar-refractivity contribution in [3.8, 4) is 45.4 Å². The first kappa shape index (κ1) is 20.6. The first-order chi connectivity index (χ1) is 16.2. The molecular formula is C29H24N2O2. The number of hydrogen-bond acceptors (Lipinski definition) is 3. The Morgan fingerprint density at radius 1 is 0.727 bits per heavy atom. The fourth-order valence-electron chi connectivity index (χ4n) is 4.10. The van der Waals surface area contributed by atoms with Crippen molar-refractivity contribution >= 4 is 0 Å². The highest BCUT2D eigenvalue weighted by Crippen LogP contribution is 2.38. The minimum Gasteiger partial charge on any atom is -0.504 e. The Morgan fingerprint density at radius 2 is 1.33 bits per heavy atom. The van der Waals surface area contributed by atoms with Gasteiger partial charge in [-0.3, -0.25) is 0 Å². The summed E-state index contributed by atoms with van der Waals surface area (Å²) in [5, 5.41) is 10.1. The summed E-state index contributed by atoms with van der Waals surface area (Å²) in [4.78, 5) is 5.15. The maximum absolute atomic E-state index is 10.1. The maximum Gasteiger partial charge on any atom is 0.161 e. The molecule has 0 aliphatic heterocycles. The van der Waals surface area contributed by atoms with E-state index < -0.39 is 0 Å². The van der Waals surface area contributed by atoms with E-state index in [0.717, 1.165) is 33.9 Å². The number of methoxy groups -OCH3 is 1. The molecule has 4 aromatic carbocycles. The molecule has 0 bridgehead atoms. The van der Waals surface area contributed by atoms with Crippen LogP contribution in [0.1, 0.15) is 5.56 Å². The van der Waals surface area contributed by atoms with E-state index in [1.807, 2.05) is 54.6 Å². The van der Waals surface area contributed by atoms with E-state index in [-0.39, 0.29) is 5.75 Å². The fraction of sp³-hybridized carbons (Fsp3) is 0.0690. The van der Waals surface area contributed by atoms with Gasteiger partial charge in [0.05, 0.1) is 18.5 Å². The van der Waals surface area contributed by atoms with E-state index in [0.29, 0.717) is 12.3 Å². The van der Waals surface area contributed by atoms with Gasteiger partial charge in [-0.2, -0.15) is 0 Å². The second-order valence-electron chi connectivity index (χ2n) is 7.82. The number of phenolic OH excluding ortho intramolecular Hbond substituents is 1. The lowest BCUT2D eigenvalue weighted by Gasteiger charge is -2.14. The Balaban J connectivity index is 1.80.